The van der Waals surface area contributed by atoms with Crippen LogP contribution in [0.4, 0.5) is 4.39 Å². The lowest BCUT2D eigenvalue weighted by Gasteiger charge is -1.98. The van der Waals surface area contributed by atoms with Gasteiger partial charge in [0.1, 0.15) is 12.9 Å². The molecule has 0 radical (unpaired) electrons. The lowest BCUT2D eigenvalue weighted by molar-refractivity contribution is -0.682. The van der Waals surface area contributed by atoms with Crippen molar-refractivity contribution in [2.24, 2.45) is 7.05 Å². The standard InChI is InChI=1S/C10H8FIN/c1-13-5-4-7-6-8(11)2-3-9(7)10(13)12/h2-6H,1H3/q+1. The Balaban J connectivity index is 2.87. The van der Waals surface area contributed by atoms with Gasteiger partial charge in [-0.25, -0.2) is 4.39 Å². The molecule has 66 valence electrons. The highest BCUT2D eigenvalue weighted by molar-refractivity contribution is 14.1. The van der Waals surface area contributed by atoms with Crippen LogP contribution in [-0.2, 0) is 7.05 Å². The SMILES string of the molecule is C[n+]1ccc2cc(F)ccc2c1I. The van der Waals surface area contributed by atoms with E-state index in [2.05, 4.69) is 22.6 Å². The van der Waals surface area contributed by atoms with Gasteiger partial charge in [-0.15, -0.1) is 0 Å². The van der Waals surface area contributed by atoms with Crippen molar-refractivity contribution < 1.29 is 8.96 Å². The van der Waals surface area contributed by atoms with Crippen LogP contribution in [0.15, 0.2) is 30.5 Å². The first-order chi connectivity index (χ1) is 6.18. The van der Waals surface area contributed by atoms with Crippen LogP contribution < -0.4 is 4.57 Å². The van der Waals surface area contributed by atoms with Crippen LogP contribution in [0.5, 0.6) is 0 Å². The van der Waals surface area contributed by atoms with Crippen molar-refractivity contribution in [3.63, 3.8) is 0 Å². The smallest absolute Gasteiger partial charge is 0.207 e. The molecule has 0 unspecified atom stereocenters. The Morgan fingerprint density at radius 1 is 1.31 bits per heavy atom. The van der Waals surface area contributed by atoms with E-state index in [1.54, 1.807) is 6.07 Å². The topological polar surface area (TPSA) is 3.88 Å². The highest BCUT2D eigenvalue weighted by Crippen LogP contribution is 2.17. The van der Waals surface area contributed by atoms with Gasteiger partial charge in [0.25, 0.3) is 0 Å². The number of fused-ring (bicyclic) bond motifs is 1. The Morgan fingerprint density at radius 3 is 2.85 bits per heavy atom. The number of benzene rings is 1. The molecule has 1 heterocycles. The summed E-state index contributed by atoms with van der Waals surface area (Å²) in [6.07, 6.45) is 1.93. The van der Waals surface area contributed by atoms with Crippen molar-refractivity contribution in [2.75, 3.05) is 0 Å². The molecule has 0 saturated carbocycles. The highest BCUT2D eigenvalue weighted by Gasteiger charge is 2.08. The molecule has 1 nitrogen and oxygen atoms in total. The number of aryl methyl sites for hydroxylation is 1. The third kappa shape index (κ3) is 1.52. The molecule has 0 bridgehead atoms. The molecule has 0 aliphatic rings. The fraction of sp³-hybridized carbons (Fsp3) is 0.100. The number of hydrogen-bond acceptors (Lipinski definition) is 0. The van der Waals surface area contributed by atoms with E-state index >= 15 is 0 Å². The maximum Gasteiger partial charge on any atom is 0.248 e. The first-order valence-corrected chi connectivity index (χ1v) is 5.00. The van der Waals surface area contributed by atoms with E-state index in [0.29, 0.717) is 0 Å². The molecular formula is C10H8FIN+. The average Bonchev–Trinajstić information content (AvgIpc) is 2.12. The van der Waals surface area contributed by atoms with Gasteiger partial charge in [0.2, 0.25) is 3.70 Å². The van der Waals surface area contributed by atoms with Gasteiger partial charge in [0, 0.05) is 28.7 Å². The molecular weight excluding hydrogens is 280 g/mol. The molecule has 0 saturated heterocycles. The molecule has 1 aromatic carbocycles. The molecule has 0 aliphatic carbocycles. The van der Waals surface area contributed by atoms with Crippen LogP contribution in [0.1, 0.15) is 0 Å². The largest absolute Gasteiger partial charge is 0.248 e. The summed E-state index contributed by atoms with van der Waals surface area (Å²) in [5.74, 6) is -0.183. The van der Waals surface area contributed by atoms with Crippen molar-refractivity contribution >= 4 is 33.4 Å². The maximum atomic E-state index is 12.9. The molecule has 0 amide bonds. The quantitative estimate of drug-likeness (QED) is 0.398. The lowest BCUT2D eigenvalue weighted by atomic mass is 10.2. The van der Waals surface area contributed by atoms with Crippen LogP contribution >= 0.6 is 22.6 Å². The highest BCUT2D eigenvalue weighted by atomic mass is 127. The van der Waals surface area contributed by atoms with E-state index in [1.807, 2.05) is 29.9 Å². The van der Waals surface area contributed by atoms with Crippen LogP contribution in [-0.4, -0.2) is 0 Å². The van der Waals surface area contributed by atoms with Gasteiger partial charge < -0.3 is 0 Å². The van der Waals surface area contributed by atoms with Crippen molar-refractivity contribution in [2.45, 2.75) is 0 Å². The van der Waals surface area contributed by atoms with Crippen LogP contribution in [0, 0.1) is 9.52 Å². The normalized spacial score (nSPS) is 10.7. The molecule has 0 aliphatic heterocycles. The molecule has 0 N–H and O–H groups in total. The second-order valence-corrected chi connectivity index (χ2v) is 3.97. The second-order valence-electron chi connectivity index (χ2n) is 2.95. The first kappa shape index (κ1) is 8.87. The van der Waals surface area contributed by atoms with E-state index in [1.165, 1.54) is 6.07 Å². The van der Waals surface area contributed by atoms with E-state index in [4.69, 9.17) is 0 Å². The van der Waals surface area contributed by atoms with Gasteiger partial charge in [-0.1, -0.05) is 0 Å². The number of hydrogen-bond donors (Lipinski definition) is 0. The fourth-order valence-electron chi connectivity index (χ4n) is 1.31. The predicted octanol–water partition coefficient (Wildman–Crippen LogP) is 2.41. The summed E-state index contributed by atoms with van der Waals surface area (Å²) in [6.45, 7) is 0. The van der Waals surface area contributed by atoms with Gasteiger partial charge in [0.05, 0.1) is 5.39 Å². The van der Waals surface area contributed by atoms with Gasteiger partial charge in [-0.2, -0.15) is 4.57 Å². The Hall–Kier alpha value is -0.710. The molecule has 2 rings (SSSR count). The maximum absolute atomic E-state index is 12.9. The molecule has 13 heavy (non-hydrogen) atoms. The van der Waals surface area contributed by atoms with Gasteiger partial charge in [0.15, 0.2) is 6.20 Å². The Kier molecular flexibility index (Phi) is 2.19. The second kappa shape index (κ2) is 3.21. The van der Waals surface area contributed by atoms with E-state index in [-0.39, 0.29) is 5.82 Å². The van der Waals surface area contributed by atoms with Crippen molar-refractivity contribution in [3.05, 3.63) is 40.0 Å². The summed E-state index contributed by atoms with van der Waals surface area (Å²) in [4.78, 5) is 0. The number of rotatable bonds is 0. The van der Waals surface area contributed by atoms with Crippen molar-refractivity contribution in [1.82, 2.24) is 0 Å². The molecule has 0 atom stereocenters. The summed E-state index contributed by atoms with van der Waals surface area (Å²) in [6, 6.07) is 6.77. The van der Waals surface area contributed by atoms with Gasteiger partial charge in [-0.05, 0) is 23.6 Å². The fourth-order valence-corrected chi connectivity index (χ4v) is 1.96. The molecule has 1 aromatic heterocycles. The number of nitrogens with zero attached hydrogens (tertiary/aromatic N) is 1. The summed E-state index contributed by atoms with van der Waals surface area (Å²) >= 11 is 2.25. The van der Waals surface area contributed by atoms with Crippen LogP contribution in [0.3, 0.4) is 0 Å². The minimum Gasteiger partial charge on any atom is -0.207 e. The van der Waals surface area contributed by atoms with E-state index in [0.717, 1.165) is 14.5 Å². The molecule has 3 heteroatoms. The van der Waals surface area contributed by atoms with Crippen LogP contribution in [0.2, 0.25) is 0 Å². The first-order valence-electron chi connectivity index (χ1n) is 3.92. The van der Waals surface area contributed by atoms with Crippen molar-refractivity contribution in [1.29, 1.82) is 0 Å². The van der Waals surface area contributed by atoms with Gasteiger partial charge in [-0.3, -0.25) is 0 Å². The number of aromatic nitrogens is 1. The summed E-state index contributed by atoms with van der Waals surface area (Å²) in [5, 5.41) is 2.04. The van der Waals surface area contributed by atoms with Crippen molar-refractivity contribution in [3.8, 4) is 0 Å². The number of halogens is 2. The van der Waals surface area contributed by atoms with E-state index in [9.17, 15) is 4.39 Å². The Morgan fingerprint density at radius 2 is 2.08 bits per heavy atom. The summed E-state index contributed by atoms with van der Waals surface area (Å²) in [7, 11) is 1.98. The zero-order valence-corrected chi connectivity index (χ0v) is 9.25. The Labute approximate surface area is 89.3 Å². The number of pyridine rings is 1. The monoisotopic (exact) mass is 288 g/mol. The molecule has 2 aromatic rings. The minimum atomic E-state index is -0.183. The van der Waals surface area contributed by atoms with Crippen LogP contribution in [0.25, 0.3) is 10.8 Å². The summed E-state index contributed by atoms with van der Waals surface area (Å²) in [5.41, 5.74) is 0. The Bertz CT molecular complexity index is 468. The summed E-state index contributed by atoms with van der Waals surface area (Å²) < 4.78 is 16.0. The third-order valence-electron chi connectivity index (χ3n) is 2.02. The zero-order valence-electron chi connectivity index (χ0n) is 7.09. The molecule has 0 fully saturated rings. The van der Waals surface area contributed by atoms with E-state index < -0.39 is 0 Å². The van der Waals surface area contributed by atoms with Gasteiger partial charge >= 0.3 is 0 Å². The predicted molar refractivity (Wildman–Crippen MR) is 57.8 cm³/mol. The zero-order chi connectivity index (χ0) is 9.42. The molecule has 0 spiro atoms. The average molecular weight is 288 g/mol. The lowest BCUT2D eigenvalue weighted by Crippen LogP contribution is -2.31. The third-order valence-corrected chi connectivity index (χ3v) is 3.37. The minimum absolute atomic E-state index is 0.183.